The summed E-state index contributed by atoms with van der Waals surface area (Å²) in [6, 6.07) is 13.8. The molecule has 0 unspecified atom stereocenters. The van der Waals surface area contributed by atoms with Gasteiger partial charge in [-0.05, 0) is 66.4 Å². The first-order valence-corrected chi connectivity index (χ1v) is 10.6. The van der Waals surface area contributed by atoms with Gasteiger partial charge in [0.2, 0.25) is 0 Å². The van der Waals surface area contributed by atoms with Crippen LogP contribution in [0.2, 0.25) is 5.02 Å². The van der Waals surface area contributed by atoms with Crippen LogP contribution in [-0.2, 0) is 11.0 Å². The monoisotopic (exact) mass is 463 g/mol. The summed E-state index contributed by atoms with van der Waals surface area (Å²) in [5.74, 6) is -0.292. The van der Waals surface area contributed by atoms with Crippen LogP contribution < -0.4 is 9.91 Å². The first kappa shape index (κ1) is 21.4. The molecule has 0 amide bonds. The lowest BCUT2D eigenvalue weighted by Crippen LogP contribution is -2.37. The number of carbonyl (C=O) groups is 1. The maximum absolute atomic E-state index is 13.4. The first-order chi connectivity index (χ1) is 14.7. The molecule has 4 rings (SSSR count). The Hall–Kier alpha value is -2.84. The number of ketones is 1. The summed E-state index contributed by atoms with van der Waals surface area (Å²) >= 11 is 7.47. The number of carbonyl (C=O) groups excluding carboxylic acids is 1. The lowest BCUT2D eigenvalue weighted by Gasteiger charge is -2.32. The minimum Gasteiger partial charge on any atom is -0.294 e. The molecule has 0 bridgehead atoms. The Balaban J connectivity index is 1.91. The van der Waals surface area contributed by atoms with Crippen molar-refractivity contribution in [3.63, 3.8) is 0 Å². The SMILES string of the molecule is CC(=O)C1=NN(c2ccc(Cl)cc2)[C@H](c2sccc2C)N1c1cccc(C(F)(F)F)c1. The zero-order valence-electron chi connectivity index (χ0n) is 16.5. The van der Waals surface area contributed by atoms with E-state index >= 15 is 0 Å². The largest absolute Gasteiger partial charge is 0.416 e. The van der Waals surface area contributed by atoms with Gasteiger partial charge in [-0.25, -0.2) is 5.01 Å². The number of rotatable bonds is 4. The number of Topliss-reactive ketones (excluding diaryl/α,β-unsaturated/α-hetero) is 1. The Morgan fingerprint density at radius 1 is 1.10 bits per heavy atom. The maximum Gasteiger partial charge on any atom is 0.416 e. The van der Waals surface area contributed by atoms with Crippen molar-refractivity contribution in [1.82, 2.24) is 0 Å². The molecule has 31 heavy (non-hydrogen) atoms. The molecule has 0 N–H and O–H groups in total. The summed E-state index contributed by atoms with van der Waals surface area (Å²) < 4.78 is 40.2. The molecule has 0 saturated heterocycles. The van der Waals surface area contributed by atoms with Gasteiger partial charge in [0.15, 0.2) is 17.8 Å². The van der Waals surface area contributed by atoms with Gasteiger partial charge in [-0.1, -0.05) is 17.7 Å². The van der Waals surface area contributed by atoms with E-state index in [1.807, 2.05) is 18.4 Å². The number of hydrogen-bond acceptors (Lipinski definition) is 5. The lowest BCUT2D eigenvalue weighted by atomic mass is 10.1. The second-order valence-electron chi connectivity index (χ2n) is 7.06. The van der Waals surface area contributed by atoms with Crippen molar-refractivity contribution in [1.29, 1.82) is 0 Å². The van der Waals surface area contributed by atoms with Gasteiger partial charge in [0.05, 0.1) is 16.1 Å². The third kappa shape index (κ3) is 4.05. The highest BCUT2D eigenvalue weighted by Crippen LogP contribution is 2.43. The van der Waals surface area contributed by atoms with Crippen molar-refractivity contribution < 1.29 is 18.0 Å². The second-order valence-corrected chi connectivity index (χ2v) is 8.44. The molecule has 1 aromatic heterocycles. The number of anilines is 2. The quantitative estimate of drug-likeness (QED) is 0.434. The van der Waals surface area contributed by atoms with Crippen LogP contribution in [0.4, 0.5) is 24.5 Å². The Labute approximate surface area is 186 Å². The van der Waals surface area contributed by atoms with Gasteiger partial charge in [0.25, 0.3) is 0 Å². The standard InChI is InChI=1S/C22H17ClF3N3OS/c1-13-10-11-31-19(13)21-28(18-5-3-4-15(12-18)22(24,25)26)20(14(2)30)27-29(21)17-8-6-16(23)7-9-17/h3-12,21H,1-2H3/t21-/m1/s1. The summed E-state index contributed by atoms with van der Waals surface area (Å²) in [6.45, 7) is 3.27. The van der Waals surface area contributed by atoms with E-state index in [2.05, 4.69) is 5.10 Å². The topological polar surface area (TPSA) is 35.9 Å². The van der Waals surface area contributed by atoms with E-state index < -0.39 is 17.9 Å². The molecule has 0 radical (unpaired) electrons. The number of halogens is 4. The Morgan fingerprint density at radius 2 is 1.81 bits per heavy atom. The van der Waals surface area contributed by atoms with Crippen LogP contribution in [0.15, 0.2) is 65.1 Å². The zero-order chi connectivity index (χ0) is 22.3. The van der Waals surface area contributed by atoms with Gasteiger partial charge in [-0.2, -0.15) is 13.2 Å². The van der Waals surface area contributed by atoms with Crippen LogP contribution >= 0.6 is 22.9 Å². The smallest absolute Gasteiger partial charge is 0.294 e. The predicted octanol–water partition coefficient (Wildman–Crippen LogP) is 6.66. The van der Waals surface area contributed by atoms with Gasteiger partial charge >= 0.3 is 6.18 Å². The normalized spacial score (nSPS) is 16.6. The lowest BCUT2D eigenvalue weighted by molar-refractivity contribution is -0.137. The molecule has 9 heteroatoms. The summed E-state index contributed by atoms with van der Waals surface area (Å²) in [5.41, 5.74) is 1.05. The minimum absolute atomic E-state index is 0.0621. The molecule has 0 aliphatic carbocycles. The van der Waals surface area contributed by atoms with Crippen molar-refractivity contribution in [2.45, 2.75) is 26.2 Å². The number of amidine groups is 1. The second kappa shape index (κ2) is 8.01. The van der Waals surface area contributed by atoms with Crippen LogP contribution in [0.3, 0.4) is 0 Å². The molecule has 4 nitrogen and oxygen atoms in total. The molecule has 2 heterocycles. The zero-order valence-corrected chi connectivity index (χ0v) is 18.1. The van der Waals surface area contributed by atoms with Gasteiger partial charge < -0.3 is 0 Å². The number of alkyl halides is 3. The van der Waals surface area contributed by atoms with Crippen LogP contribution in [0.5, 0.6) is 0 Å². The number of thiophene rings is 1. The Kier molecular flexibility index (Phi) is 5.53. The molecule has 1 aliphatic heterocycles. The number of nitrogens with zero attached hydrogens (tertiary/aromatic N) is 3. The van der Waals surface area contributed by atoms with Crippen LogP contribution in [-0.4, -0.2) is 11.6 Å². The van der Waals surface area contributed by atoms with E-state index in [1.54, 1.807) is 40.2 Å². The number of hydrazone groups is 1. The van der Waals surface area contributed by atoms with E-state index in [0.717, 1.165) is 22.6 Å². The fourth-order valence-electron chi connectivity index (χ4n) is 3.44. The third-order valence-electron chi connectivity index (χ3n) is 4.90. The van der Waals surface area contributed by atoms with Gasteiger partial charge in [0.1, 0.15) is 0 Å². The highest BCUT2D eigenvalue weighted by atomic mass is 35.5. The average molecular weight is 464 g/mol. The Bertz CT molecular complexity index is 1160. The van der Waals surface area contributed by atoms with Crippen LogP contribution in [0, 0.1) is 6.92 Å². The summed E-state index contributed by atoms with van der Waals surface area (Å²) in [6.07, 6.45) is -5.13. The van der Waals surface area contributed by atoms with Gasteiger partial charge in [0, 0.05) is 17.6 Å². The molecular formula is C22H17ClF3N3OS. The molecular weight excluding hydrogens is 447 g/mol. The molecule has 1 atom stereocenters. The number of aryl methyl sites for hydroxylation is 1. The molecule has 2 aromatic carbocycles. The fraction of sp³-hybridized carbons (Fsp3) is 0.182. The van der Waals surface area contributed by atoms with E-state index in [4.69, 9.17) is 11.6 Å². The van der Waals surface area contributed by atoms with Gasteiger partial charge in [-0.15, -0.1) is 16.4 Å². The number of benzene rings is 2. The van der Waals surface area contributed by atoms with E-state index in [1.165, 1.54) is 24.3 Å². The van der Waals surface area contributed by atoms with E-state index in [0.29, 0.717) is 10.7 Å². The number of hydrogen-bond donors (Lipinski definition) is 0. The van der Waals surface area contributed by atoms with Crippen molar-refractivity contribution in [2.24, 2.45) is 5.10 Å². The summed E-state index contributed by atoms with van der Waals surface area (Å²) in [5, 5.41) is 8.61. The first-order valence-electron chi connectivity index (χ1n) is 9.31. The molecule has 3 aromatic rings. The summed E-state index contributed by atoms with van der Waals surface area (Å²) in [7, 11) is 0. The third-order valence-corrected chi connectivity index (χ3v) is 6.21. The average Bonchev–Trinajstić information content (AvgIpc) is 3.31. The van der Waals surface area contributed by atoms with E-state index in [-0.39, 0.29) is 17.3 Å². The minimum atomic E-state index is -4.51. The van der Waals surface area contributed by atoms with Crippen molar-refractivity contribution in [3.05, 3.63) is 81.0 Å². The summed E-state index contributed by atoms with van der Waals surface area (Å²) in [4.78, 5) is 14.9. The van der Waals surface area contributed by atoms with Crippen molar-refractivity contribution >= 4 is 45.9 Å². The van der Waals surface area contributed by atoms with Crippen LogP contribution in [0.1, 0.15) is 29.1 Å². The van der Waals surface area contributed by atoms with E-state index in [9.17, 15) is 18.0 Å². The molecule has 0 saturated carbocycles. The molecule has 0 fully saturated rings. The molecule has 160 valence electrons. The van der Waals surface area contributed by atoms with Crippen molar-refractivity contribution in [2.75, 3.05) is 9.91 Å². The van der Waals surface area contributed by atoms with Gasteiger partial charge in [-0.3, -0.25) is 9.69 Å². The Morgan fingerprint density at radius 3 is 2.39 bits per heavy atom. The van der Waals surface area contributed by atoms with Crippen LogP contribution in [0.25, 0.3) is 0 Å². The highest BCUT2D eigenvalue weighted by molar-refractivity contribution is 7.10. The fourth-order valence-corrected chi connectivity index (χ4v) is 4.56. The highest BCUT2D eigenvalue weighted by Gasteiger charge is 2.41. The maximum atomic E-state index is 13.4. The predicted molar refractivity (Wildman–Crippen MR) is 118 cm³/mol. The molecule has 0 spiro atoms. The molecule has 1 aliphatic rings. The van der Waals surface area contributed by atoms with Crippen molar-refractivity contribution in [3.8, 4) is 0 Å².